The van der Waals surface area contributed by atoms with Gasteiger partial charge in [-0.05, 0) is 152 Å². The van der Waals surface area contributed by atoms with Crippen molar-refractivity contribution in [2.24, 2.45) is 0 Å². The maximum Gasteiger partial charge on any atom is 0.0466 e. The van der Waals surface area contributed by atoms with Crippen LogP contribution in [0.5, 0.6) is 0 Å². The van der Waals surface area contributed by atoms with Crippen LogP contribution >= 0.6 is 0 Å². The lowest BCUT2D eigenvalue weighted by atomic mass is 9.73. The van der Waals surface area contributed by atoms with Crippen LogP contribution in [0.1, 0.15) is 66.5 Å². The molecule has 1 heteroatoms. The Morgan fingerprint density at radius 1 is 0.595 bits per heavy atom. The minimum absolute atomic E-state index is 0.295. The fraction of sp³-hybridized carbons (Fsp3) is 0.278. The highest BCUT2D eigenvalue weighted by Gasteiger charge is 2.39. The highest BCUT2D eigenvalue weighted by Crippen LogP contribution is 2.53. The predicted octanol–water partition coefficient (Wildman–Crippen LogP) is 10.3. The molecular formula is C36H37N. The number of hydrogen-bond donors (Lipinski definition) is 0. The molecule has 6 rings (SSSR count). The Kier molecular flexibility index (Phi) is 5.64. The molecule has 1 fully saturated rings. The second kappa shape index (κ2) is 8.77. The summed E-state index contributed by atoms with van der Waals surface area (Å²) in [6, 6.07) is 29.9. The van der Waals surface area contributed by atoms with Crippen molar-refractivity contribution < 1.29 is 0 Å². The maximum absolute atomic E-state index is 2.47. The van der Waals surface area contributed by atoms with E-state index in [-0.39, 0.29) is 0 Å². The average molecular weight is 484 g/mol. The third-order valence-corrected chi connectivity index (χ3v) is 8.57. The summed E-state index contributed by atoms with van der Waals surface area (Å²) in [6.45, 7) is 13.5. The lowest BCUT2D eigenvalue weighted by Crippen LogP contribution is -2.21. The van der Waals surface area contributed by atoms with Crippen LogP contribution in [0.15, 0.2) is 84.4 Å². The molecule has 37 heavy (non-hydrogen) atoms. The molecule has 2 aliphatic carbocycles. The van der Waals surface area contributed by atoms with Gasteiger partial charge < -0.3 is 4.90 Å². The van der Waals surface area contributed by atoms with Crippen molar-refractivity contribution in [3.05, 3.63) is 118 Å². The first kappa shape index (κ1) is 23.8. The molecule has 0 radical (unpaired) electrons. The van der Waals surface area contributed by atoms with E-state index in [2.05, 4.69) is 125 Å². The molecule has 4 aromatic carbocycles. The lowest BCUT2D eigenvalue weighted by Gasteiger charge is -2.31. The molecule has 2 aliphatic rings. The van der Waals surface area contributed by atoms with Gasteiger partial charge in [-0.3, -0.25) is 0 Å². The molecule has 0 amide bonds. The molecule has 2 bridgehead atoms. The third kappa shape index (κ3) is 4.21. The summed E-state index contributed by atoms with van der Waals surface area (Å²) in [7, 11) is 0. The summed E-state index contributed by atoms with van der Waals surface area (Å²) in [5, 5.41) is 0. The molecule has 0 spiro atoms. The molecule has 0 aliphatic heterocycles. The van der Waals surface area contributed by atoms with Gasteiger partial charge in [-0.1, -0.05) is 48.9 Å². The van der Waals surface area contributed by atoms with Crippen molar-refractivity contribution in [1.82, 2.24) is 0 Å². The molecule has 0 heterocycles. The van der Waals surface area contributed by atoms with Crippen molar-refractivity contribution in [2.45, 2.75) is 66.2 Å². The molecule has 4 aromatic rings. The Bertz CT molecular complexity index is 1460. The fourth-order valence-electron chi connectivity index (χ4n) is 6.77. The number of hydrogen-bond acceptors (Lipinski definition) is 1. The van der Waals surface area contributed by atoms with E-state index in [1.165, 1.54) is 80.8 Å². The number of fused-ring (bicyclic) bond motifs is 4. The Morgan fingerprint density at radius 2 is 1.14 bits per heavy atom. The van der Waals surface area contributed by atoms with Crippen LogP contribution in [-0.2, 0) is 5.41 Å². The molecule has 1 atom stereocenters. The van der Waals surface area contributed by atoms with Gasteiger partial charge in [-0.25, -0.2) is 0 Å². The van der Waals surface area contributed by atoms with Gasteiger partial charge >= 0.3 is 0 Å². The molecule has 1 nitrogen and oxygen atoms in total. The van der Waals surface area contributed by atoms with Crippen molar-refractivity contribution in [2.75, 3.05) is 4.90 Å². The van der Waals surface area contributed by atoms with Gasteiger partial charge in [-0.15, -0.1) is 0 Å². The first-order chi connectivity index (χ1) is 17.7. The number of allylic oxidation sites excluding steroid dienone is 2. The standard InChI is InChI=1S/C36H37N/c1-23-15-24(2)18-32(17-23)37(33-19-25(3)16-26(4)20-33)31-10-7-28(8-11-31)29-9-12-34-27(5)30-13-14-36(6,22-30)35(34)21-29/h7-12,15-21H,13-14,22H2,1-6H3. The van der Waals surface area contributed by atoms with Crippen LogP contribution in [0.25, 0.3) is 16.7 Å². The minimum atomic E-state index is 0.295. The van der Waals surface area contributed by atoms with Crippen molar-refractivity contribution in [3.8, 4) is 11.1 Å². The van der Waals surface area contributed by atoms with Gasteiger partial charge in [-0.2, -0.15) is 0 Å². The van der Waals surface area contributed by atoms with Gasteiger partial charge in [0.05, 0.1) is 0 Å². The third-order valence-electron chi connectivity index (χ3n) is 8.57. The zero-order valence-corrected chi connectivity index (χ0v) is 23.1. The summed E-state index contributed by atoms with van der Waals surface area (Å²) < 4.78 is 0. The first-order valence-corrected chi connectivity index (χ1v) is 13.6. The van der Waals surface area contributed by atoms with Gasteiger partial charge in [0.25, 0.3) is 0 Å². The average Bonchev–Trinajstić information content (AvgIpc) is 3.22. The summed E-state index contributed by atoms with van der Waals surface area (Å²) in [5.74, 6) is 0. The van der Waals surface area contributed by atoms with Crippen LogP contribution in [0.3, 0.4) is 0 Å². The quantitative estimate of drug-likeness (QED) is 0.279. The second-order valence-electron chi connectivity index (χ2n) is 11.8. The number of rotatable bonds is 4. The van der Waals surface area contributed by atoms with E-state index < -0.39 is 0 Å². The van der Waals surface area contributed by atoms with E-state index in [0.29, 0.717) is 5.41 Å². The molecular weight excluding hydrogens is 446 g/mol. The van der Waals surface area contributed by atoms with E-state index in [1.54, 1.807) is 11.1 Å². The molecule has 0 saturated heterocycles. The maximum atomic E-state index is 2.47. The van der Waals surface area contributed by atoms with Crippen molar-refractivity contribution >= 4 is 22.6 Å². The predicted molar refractivity (Wildman–Crippen MR) is 159 cm³/mol. The summed E-state index contributed by atoms with van der Waals surface area (Å²) >= 11 is 0. The van der Waals surface area contributed by atoms with E-state index >= 15 is 0 Å². The summed E-state index contributed by atoms with van der Waals surface area (Å²) in [6.07, 6.45) is 3.76. The molecule has 0 aromatic heterocycles. The van der Waals surface area contributed by atoms with Gasteiger partial charge in [0.2, 0.25) is 0 Å². The van der Waals surface area contributed by atoms with Crippen molar-refractivity contribution in [3.63, 3.8) is 0 Å². The Labute approximate surface area is 222 Å². The Hall–Kier alpha value is -3.58. The summed E-state index contributed by atoms with van der Waals surface area (Å²) in [4.78, 5) is 2.39. The van der Waals surface area contributed by atoms with E-state index in [1.807, 2.05) is 0 Å². The van der Waals surface area contributed by atoms with Crippen LogP contribution in [0, 0.1) is 27.7 Å². The number of anilines is 3. The Morgan fingerprint density at radius 3 is 1.70 bits per heavy atom. The number of aryl methyl sites for hydroxylation is 4. The second-order valence-corrected chi connectivity index (χ2v) is 11.8. The van der Waals surface area contributed by atoms with Gasteiger partial charge in [0.15, 0.2) is 0 Å². The SMILES string of the molecule is CC1=C2CCC(C)(C2)c2cc(-c3ccc(N(c4cc(C)cc(C)c4)c4cc(C)cc(C)c4)cc3)ccc21. The smallest absolute Gasteiger partial charge is 0.0466 e. The van der Waals surface area contributed by atoms with Gasteiger partial charge in [0.1, 0.15) is 0 Å². The molecule has 186 valence electrons. The van der Waals surface area contributed by atoms with E-state index in [4.69, 9.17) is 0 Å². The minimum Gasteiger partial charge on any atom is -0.310 e. The number of benzene rings is 4. The van der Waals surface area contributed by atoms with Crippen LogP contribution in [0.4, 0.5) is 17.1 Å². The zero-order chi connectivity index (χ0) is 25.9. The van der Waals surface area contributed by atoms with Gasteiger partial charge in [0, 0.05) is 17.1 Å². The largest absolute Gasteiger partial charge is 0.310 e. The molecule has 0 N–H and O–H groups in total. The topological polar surface area (TPSA) is 3.24 Å². The normalized spacial score (nSPS) is 18.2. The monoisotopic (exact) mass is 483 g/mol. The fourth-order valence-corrected chi connectivity index (χ4v) is 6.77. The highest BCUT2D eigenvalue weighted by molar-refractivity contribution is 5.81. The lowest BCUT2D eigenvalue weighted by molar-refractivity contribution is 0.495. The highest BCUT2D eigenvalue weighted by atomic mass is 15.1. The van der Waals surface area contributed by atoms with E-state index in [0.717, 1.165) is 0 Å². The van der Waals surface area contributed by atoms with E-state index in [9.17, 15) is 0 Å². The van der Waals surface area contributed by atoms with Crippen LogP contribution < -0.4 is 4.90 Å². The summed E-state index contributed by atoms with van der Waals surface area (Å²) in [5.41, 5.74) is 17.8. The number of nitrogens with zero attached hydrogens (tertiary/aromatic N) is 1. The van der Waals surface area contributed by atoms with Crippen LogP contribution in [0.2, 0.25) is 0 Å². The zero-order valence-electron chi connectivity index (χ0n) is 23.1. The first-order valence-electron chi connectivity index (χ1n) is 13.6. The molecule has 1 saturated carbocycles. The van der Waals surface area contributed by atoms with Crippen molar-refractivity contribution in [1.29, 1.82) is 0 Å². The molecule has 1 unspecified atom stereocenters. The van der Waals surface area contributed by atoms with Crippen LogP contribution in [-0.4, -0.2) is 0 Å². The Balaban J connectivity index is 1.42.